The fourth-order valence-electron chi connectivity index (χ4n) is 1.53. The molecule has 0 aliphatic heterocycles. The Morgan fingerprint density at radius 3 is 2.81 bits per heavy atom. The summed E-state index contributed by atoms with van der Waals surface area (Å²) in [5, 5.41) is 13.3. The molecule has 0 fully saturated rings. The number of hydrogen-bond acceptors (Lipinski definition) is 3. The highest BCUT2D eigenvalue weighted by molar-refractivity contribution is 9.10. The molecule has 6 heteroatoms. The highest BCUT2D eigenvalue weighted by Gasteiger charge is 2.24. The van der Waals surface area contributed by atoms with E-state index in [9.17, 15) is 5.26 Å². The maximum absolute atomic E-state index is 9.22. The Labute approximate surface area is 102 Å². The Kier molecular flexibility index (Phi) is 3.06. The van der Waals surface area contributed by atoms with Crippen molar-refractivity contribution in [2.24, 2.45) is 7.05 Å². The maximum Gasteiger partial charge on any atom is 0.372 e. The minimum Gasteiger partial charge on any atom is -0.280 e. The quantitative estimate of drug-likeness (QED) is 0.738. The smallest absolute Gasteiger partial charge is 0.280 e. The van der Waals surface area contributed by atoms with E-state index in [2.05, 4.69) is 32.0 Å². The second-order valence-corrected chi connectivity index (χ2v) is 4.26. The van der Waals surface area contributed by atoms with Crippen LogP contribution in [-0.2, 0) is 7.05 Å². The molecule has 0 atom stereocenters. The molecular weight excluding hydrogens is 267 g/mol. The largest absolute Gasteiger partial charge is 0.372 e. The van der Waals surface area contributed by atoms with E-state index in [4.69, 9.17) is 0 Å². The average Bonchev–Trinajstić information content (AvgIpc) is 2.67. The summed E-state index contributed by atoms with van der Waals surface area (Å²) in [6, 6.07) is 5.51. The van der Waals surface area contributed by atoms with Crippen molar-refractivity contribution in [1.82, 2.24) is 14.8 Å². The third-order valence-corrected chi connectivity index (χ3v) is 2.82. The lowest BCUT2D eigenvalue weighted by molar-refractivity contribution is 0.788. The van der Waals surface area contributed by atoms with Crippen molar-refractivity contribution in [2.45, 2.75) is 0 Å². The summed E-state index contributed by atoms with van der Waals surface area (Å²) < 4.78 is 2.61. The minimum atomic E-state index is -0.384. The van der Waals surface area contributed by atoms with Gasteiger partial charge in [0.15, 0.2) is 0 Å². The predicted octanol–water partition coefficient (Wildman–Crippen LogP) is 0.249. The summed E-state index contributed by atoms with van der Waals surface area (Å²) >= 11 is 3.37. The summed E-state index contributed by atoms with van der Waals surface area (Å²) in [4.78, 5) is 4.21. The van der Waals surface area contributed by atoms with Gasteiger partial charge in [-0.05, 0) is 18.2 Å². The molecule has 0 N–H and O–H groups in total. The van der Waals surface area contributed by atoms with Crippen LogP contribution in [0.1, 0.15) is 0 Å². The van der Waals surface area contributed by atoms with Gasteiger partial charge in [-0.2, -0.15) is 5.10 Å². The molecule has 2 heterocycles. The third-order valence-electron chi connectivity index (χ3n) is 2.32. The Morgan fingerprint density at radius 2 is 2.25 bits per heavy atom. The van der Waals surface area contributed by atoms with Crippen molar-refractivity contribution in [1.29, 1.82) is 5.26 Å². The van der Waals surface area contributed by atoms with E-state index >= 15 is 0 Å². The number of nitrogens with zero attached hydrogens (tertiary/aromatic N) is 4. The van der Waals surface area contributed by atoms with E-state index in [1.54, 1.807) is 17.1 Å². The number of halogens is 1. The summed E-state index contributed by atoms with van der Waals surface area (Å²) in [6.45, 7) is -0.384. The Hall–Kier alpha value is -1.61. The van der Waals surface area contributed by atoms with Gasteiger partial charge in [-0.15, -0.1) is 0 Å². The molecule has 2 aromatic rings. The number of pyridine rings is 1. The number of hydrogen-bond donors (Lipinski definition) is 0. The lowest BCUT2D eigenvalue weighted by Crippen LogP contribution is -2.46. The molecule has 2 rings (SSSR count). The first-order valence-electron chi connectivity index (χ1n) is 4.71. The van der Waals surface area contributed by atoms with Crippen LogP contribution >= 0.6 is 15.9 Å². The molecule has 0 amide bonds. The summed E-state index contributed by atoms with van der Waals surface area (Å²) in [7, 11) is 1.82. The molecule has 0 saturated carbocycles. The first kappa shape index (κ1) is 10.9. The van der Waals surface area contributed by atoms with E-state index < -0.39 is 0 Å². The molecule has 0 radical (unpaired) electrons. The number of nitriles is 1. The Balaban J connectivity index is 2.46. The number of aryl methyl sites for hydroxylation is 1. The van der Waals surface area contributed by atoms with Gasteiger partial charge in [0, 0.05) is 41.1 Å². The van der Waals surface area contributed by atoms with E-state index in [0.717, 1.165) is 15.7 Å². The average molecular weight is 275 g/mol. The fraction of sp³-hybridized carbons (Fsp3) is 0.100. The van der Waals surface area contributed by atoms with Gasteiger partial charge in [-0.25, -0.2) is 5.26 Å². The molecule has 0 aliphatic rings. The normalized spacial score (nSPS) is 9.81. The molecule has 0 saturated heterocycles. The van der Waals surface area contributed by atoms with Crippen LogP contribution in [0.3, 0.4) is 0 Å². The zero-order valence-corrected chi connectivity index (χ0v) is 10.2. The second kappa shape index (κ2) is 4.50. The van der Waals surface area contributed by atoms with Crippen LogP contribution in [0.25, 0.3) is 0 Å². The maximum atomic E-state index is 9.22. The highest BCUT2D eigenvalue weighted by atomic mass is 79.9. The molecule has 4 nitrogen and oxygen atoms in total. The predicted molar refractivity (Wildman–Crippen MR) is 65.8 cm³/mol. The topological polar surface area (TPSA) is 54.5 Å². The fourth-order valence-corrected chi connectivity index (χ4v) is 1.88. The van der Waals surface area contributed by atoms with Gasteiger partial charge >= 0.3 is 6.71 Å². The van der Waals surface area contributed by atoms with Gasteiger partial charge < -0.3 is 0 Å². The molecule has 0 unspecified atom stereocenters. The van der Waals surface area contributed by atoms with Gasteiger partial charge in [0.2, 0.25) is 0 Å². The van der Waals surface area contributed by atoms with Crippen LogP contribution in [0.4, 0.5) is 0 Å². The van der Waals surface area contributed by atoms with Crippen molar-refractivity contribution in [3.63, 3.8) is 0 Å². The van der Waals surface area contributed by atoms with Crippen molar-refractivity contribution in [2.75, 3.05) is 0 Å². The number of aromatic nitrogens is 3. The van der Waals surface area contributed by atoms with Gasteiger partial charge in [0.25, 0.3) is 0 Å². The van der Waals surface area contributed by atoms with Gasteiger partial charge in [-0.3, -0.25) is 9.67 Å². The van der Waals surface area contributed by atoms with E-state index in [1.807, 2.05) is 25.2 Å². The van der Waals surface area contributed by atoms with Gasteiger partial charge in [0.1, 0.15) is 0 Å². The Morgan fingerprint density at radius 1 is 1.44 bits per heavy atom. The van der Waals surface area contributed by atoms with Crippen LogP contribution in [0, 0.1) is 11.2 Å². The van der Waals surface area contributed by atoms with Crippen molar-refractivity contribution < 1.29 is 0 Å². The molecule has 16 heavy (non-hydrogen) atoms. The van der Waals surface area contributed by atoms with Crippen LogP contribution in [0.2, 0.25) is 0 Å². The lowest BCUT2D eigenvalue weighted by atomic mass is 9.46. The van der Waals surface area contributed by atoms with E-state index in [0.29, 0.717) is 0 Å². The standard InChI is InChI=1S/C10H8BBrN4/c1-16-10(3-5-15-16)11(7-13)9-6-8(12)2-4-14-9/h2-6H,1H3. The monoisotopic (exact) mass is 274 g/mol. The molecule has 0 spiro atoms. The van der Waals surface area contributed by atoms with E-state index in [1.165, 1.54) is 0 Å². The van der Waals surface area contributed by atoms with Gasteiger partial charge in [0.05, 0.1) is 0 Å². The second-order valence-electron chi connectivity index (χ2n) is 3.34. The summed E-state index contributed by atoms with van der Waals surface area (Å²) in [6.07, 6.45) is 3.36. The molecule has 0 aliphatic carbocycles. The van der Waals surface area contributed by atoms with Crippen LogP contribution in [0.5, 0.6) is 0 Å². The van der Waals surface area contributed by atoms with E-state index in [-0.39, 0.29) is 6.71 Å². The highest BCUT2D eigenvalue weighted by Crippen LogP contribution is 2.04. The van der Waals surface area contributed by atoms with Gasteiger partial charge in [-0.1, -0.05) is 15.9 Å². The lowest BCUT2D eigenvalue weighted by Gasteiger charge is -2.05. The molecule has 78 valence electrons. The van der Waals surface area contributed by atoms with Crippen LogP contribution in [-0.4, -0.2) is 21.5 Å². The minimum absolute atomic E-state index is 0.384. The third kappa shape index (κ3) is 2.00. The van der Waals surface area contributed by atoms with Crippen molar-refractivity contribution >= 4 is 33.8 Å². The molecule has 0 bridgehead atoms. The molecule has 0 aromatic carbocycles. The van der Waals surface area contributed by atoms with Crippen molar-refractivity contribution in [3.8, 4) is 5.97 Å². The molecular formula is C10H8BBrN4. The first-order chi connectivity index (χ1) is 7.72. The van der Waals surface area contributed by atoms with Crippen molar-refractivity contribution in [3.05, 3.63) is 35.1 Å². The molecule has 2 aromatic heterocycles. The summed E-state index contributed by atoms with van der Waals surface area (Å²) in [5.74, 6) is 2.24. The zero-order chi connectivity index (χ0) is 11.5. The summed E-state index contributed by atoms with van der Waals surface area (Å²) in [5.41, 5.74) is 1.56. The number of rotatable bonds is 2. The van der Waals surface area contributed by atoms with Crippen LogP contribution < -0.4 is 11.2 Å². The van der Waals surface area contributed by atoms with Crippen LogP contribution in [0.15, 0.2) is 35.1 Å². The SMILES string of the molecule is Cn1nccc1B(C#N)c1cc(Br)ccn1. The first-order valence-corrected chi connectivity index (χ1v) is 5.50. The Bertz CT molecular complexity index is 546. The zero-order valence-electron chi connectivity index (χ0n) is 8.63.